The monoisotopic (exact) mass is 334 g/mol. The van der Waals surface area contributed by atoms with Crippen molar-refractivity contribution in [3.63, 3.8) is 0 Å². The Morgan fingerprint density at radius 1 is 1.09 bits per heavy atom. The van der Waals surface area contributed by atoms with Gasteiger partial charge < -0.3 is 5.32 Å². The Labute approximate surface area is 144 Å². The topological polar surface area (TPSA) is 32.3 Å². The third-order valence-corrected chi connectivity index (χ3v) is 5.63. The molecule has 0 bridgehead atoms. The molecule has 126 valence electrons. The number of piperidine rings is 1. The molecule has 1 aromatic carbocycles. The first kappa shape index (κ1) is 16.8. The number of likely N-dealkylation sites (tertiary alicyclic amines) is 1. The molecule has 2 fully saturated rings. The van der Waals surface area contributed by atoms with Crippen molar-refractivity contribution in [1.29, 1.82) is 0 Å². The van der Waals surface area contributed by atoms with Gasteiger partial charge in [0.1, 0.15) is 0 Å². The molecular weight excluding hydrogens is 308 g/mol. The highest BCUT2D eigenvalue weighted by atomic mass is 35.5. The van der Waals surface area contributed by atoms with Gasteiger partial charge in [-0.3, -0.25) is 9.69 Å². The largest absolute Gasteiger partial charge is 0.353 e. The Balaban J connectivity index is 1.44. The first-order valence-electron chi connectivity index (χ1n) is 8.98. The SMILES string of the molecule is O=C(NC1CCCCC1)C1CCN(Cc2ccccc2Cl)CC1. The summed E-state index contributed by atoms with van der Waals surface area (Å²) in [6, 6.07) is 8.46. The molecule has 1 amide bonds. The Hall–Kier alpha value is -1.06. The summed E-state index contributed by atoms with van der Waals surface area (Å²) in [5, 5.41) is 4.12. The lowest BCUT2D eigenvalue weighted by atomic mass is 9.92. The fraction of sp³-hybridized carbons (Fsp3) is 0.632. The first-order chi connectivity index (χ1) is 11.2. The molecule has 1 aliphatic heterocycles. The highest BCUT2D eigenvalue weighted by molar-refractivity contribution is 6.31. The molecule has 0 unspecified atom stereocenters. The molecule has 23 heavy (non-hydrogen) atoms. The van der Waals surface area contributed by atoms with Crippen LogP contribution < -0.4 is 5.32 Å². The Kier molecular flexibility index (Phi) is 5.96. The van der Waals surface area contributed by atoms with Gasteiger partial charge in [-0.15, -0.1) is 0 Å². The zero-order chi connectivity index (χ0) is 16.1. The molecule has 0 atom stereocenters. The maximum absolute atomic E-state index is 12.4. The summed E-state index contributed by atoms with van der Waals surface area (Å²) < 4.78 is 0. The van der Waals surface area contributed by atoms with Crippen molar-refractivity contribution < 1.29 is 4.79 Å². The molecule has 1 aromatic rings. The lowest BCUT2D eigenvalue weighted by molar-refractivity contribution is -0.127. The number of hydrogen-bond donors (Lipinski definition) is 1. The molecule has 1 aliphatic carbocycles. The van der Waals surface area contributed by atoms with Crippen molar-refractivity contribution in [1.82, 2.24) is 10.2 Å². The van der Waals surface area contributed by atoms with Crippen LogP contribution in [0.5, 0.6) is 0 Å². The van der Waals surface area contributed by atoms with Crippen LogP contribution in [0.3, 0.4) is 0 Å². The van der Waals surface area contributed by atoms with E-state index in [0.29, 0.717) is 6.04 Å². The van der Waals surface area contributed by atoms with Crippen molar-refractivity contribution in [2.45, 2.75) is 57.5 Å². The second kappa shape index (κ2) is 8.16. The first-order valence-corrected chi connectivity index (χ1v) is 9.36. The van der Waals surface area contributed by atoms with E-state index in [2.05, 4.69) is 16.3 Å². The Morgan fingerprint density at radius 3 is 2.48 bits per heavy atom. The van der Waals surface area contributed by atoms with Crippen LogP contribution in [0.2, 0.25) is 5.02 Å². The van der Waals surface area contributed by atoms with E-state index in [9.17, 15) is 4.79 Å². The predicted molar refractivity (Wildman–Crippen MR) is 94.5 cm³/mol. The third-order valence-electron chi connectivity index (χ3n) is 5.26. The number of nitrogens with one attached hydrogen (secondary N) is 1. The van der Waals surface area contributed by atoms with Crippen molar-refractivity contribution in [3.05, 3.63) is 34.9 Å². The van der Waals surface area contributed by atoms with Gasteiger partial charge in [-0.2, -0.15) is 0 Å². The highest BCUT2D eigenvalue weighted by Crippen LogP contribution is 2.23. The summed E-state index contributed by atoms with van der Waals surface area (Å²) in [6.45, 7) is 2.85. The van der Waals surface area contributed by atoms with Gasteiger partial charge in [-0.05, 0) is 50.4 Å². The van der Waals surface area contributed by atoms with E-state index >= 15 is 0 Å². The Morgan fingerprint density at radius 2 is 1.78 bits per heavy atom. The quantitative estimate of drug-likeness (QED) is 0.902. The zero-order valence-electron chi connectivity index (χ0n) is 13.8. The van der Waals surface area contributed by atoms with Crippen LogP contribution in [0.25, 0.3) is 0 Å². The summed E-state index contributed by atoms with van der Waals surface area (Å²) in [7, 11) is 0. The van der Waals surface area contributed by atoms with Gasteiger partial charge in [0.05, 0.1) is 0 Å². The zero-order valence-corrected chi connectivity index (χ0v) is 14.5. The van der Waals surface area contributed by atoms with Gasteiger partial charge in [0.2, 0.25) is 5.91 Å². The second-order valence-electron chi connectivity index (χ2n) is 6.99. The number of rotatable bonds is 4. The molecule has 3 nitrogen and oxygen atoms in total. The average molecular weight is 335 g/mol. The number of carbonyl (C=O) groups excluding carboxylic acids is 1. The van der Waals surface area contributed by atoms with Crippen LogP contribution in [0.1, 0.15) is 50.5 Å². The fourth-order valence-corrected chi connectivity index (χ4v) is 3.98. The summed E-state index contributed by atoms with van der Waals surface area (Å²) in [5.74, 6) is 0.480. The minimum atomic E-state index is 0.194. The summed E-state index contributed by atoms with van der Waals surface area (Å²) in [6.07, 6.45) is 8.11. The molecule has 1 saturated heterocycles. The van der Waals surface area contributed by atoms with E-state index in [4.69, 9.17) is 11.6 Å². The number of amides is 1. The van der Waals surface area contributed by atoms with Crippen LogP contribution in [-0.4, -0.2) is 29.9 Å². The maximum Gasteiger partial charge on any atom is 0.223 e. The van der Waals surface area contributed by atoms with E-state index < -0.39 is 0 Å². The minimum absolute atomic E-state index is 0.194. The molecule has 4 heteroatoms. The van der Waals surface area contributed by atoms with Crippen molar-refractivity contribution in [2.24, 2.45) is 5.92 Å². The number of carbonyl (C=O) groups is 1. The Bertz CT molecular complexity index is 520. The number of benzene rings is 1. The molecule has 0 radical (unpaired) electrons. The van der Waals surface area contributed by atoms with E-state index in [1.165, 1.54) is 24.8 Å². The lowest BCUT2D eigenvalue weighted by Crippen LogP contribution is -2.44. The van der Waals surface area contributed by atoms with E-state index in [0.717, 1.165) is 50.3 Å². The second-order valence-corrected chi connectivity index (χ2v) is 7.39. The molecule has 0 spiro atoms. The van der Waals surface area contributed by atoms with Gasteiger partial charge in [-0.1, -0.05) is 49.1 Å². The smallest absolute Gasteiger partial charge is 0.223 e. The number of nitrogens with zero attached hydrogens (tertiary/aromatic N) is 1. The minimum Gasteiger partial charge on any atom is -0.353 e. The van der Waals surface area contributed by atoms with Gasteiger partial charge in [0.15, 0.2) is 0 Å². The summed E-state index contributed by atoms with van der Waals surface area (Å²) >= 11 is 6.24. The van der Waals surface area contributed by atoms with Gasteiger partial charge in [0.25, 0.3) is 0 Å². The van der Waals surface area contributed by atoms with E-state index in [-0.39, 0.29) is 11.8 Å². The van der Waals surface area contributed by atoms with E-state index in [1.807, 2.05) is 18.2 Å². The maximum atomic E-state index is 12.4. The molecule has 0 aromatic heterocycles. The number of hydrogen-bond acceptors (Lipinski definition) is 2. The summed E-state index contributed by atoms with van der Waals surface area (Å²) in [5.41, 5.74) is 1.18. The molecule has 3 rings (SSSR count). The van der Waals surface area contributed by atoms with Crippen LogP contribution in [-0.2, 0) is 11.3 Å². The predicted octanol–water partition coefficient (Wildman–Crippen LogP) is 4.00. The van der Waals surface area contributed by atoms with Crippen molar-refractivity contribution in [2.75, 3.05) is 13.1 Å². The average Bonchev–Trinajstić information content (AvgIpc) is 2.58. The van der Waals surface area contributed by atoms with Crippen LogP contribution >= 0.6 is 11.6 Å². The van der Waals surface area contributed by atoms with Crippen molar-refractivity contribution >= 4 is 17.5 Å². The summed E-state index contributed by atoms with van der Waals surface area (Å²) in [4.78, 5) is 14.8. The van der Waals surface area contributed by atoms with E-state index in [1.54, 1.807) is 0 Å². The molecule has 1 N–H and O–H groups in total. The van der Waals surface area contributed by atoms with Crippen LogP contribution in [0.4, 0.5) is 0 Å². The van der Waals surface area contributed by atoms with Crippen LogP contribution in [0, 0.1) is 5.92 Å². The van der Waals surface area contributed by atoms with Crippen LogP contribution in [0.15, 0.2) is 24.3 Å². The number of halogens is 1. The highest BCUT2D eigenvalue weighted by Gasteiger charge is 2.27. The van der Waals surface area contributed by atoms with Gasteiger partial charge in [-0.25, -0.2) is 0 Å². The molecule has 1 saturated carbocycles. The van der Waals surface area contributed by atoms with Gasteiger partial charge in [0, 0.05) is 23.5 Å². The third kappa shape index (κ3) is 4.71. The normalized spacial score (nSPS) is 21.3. The van der Waals surface area contributed by atoms with Crippen molar-refractivity contribution in [3.8, 4) is 0 Å². The molecular formula is C19H27ClN2O. The van der Waals surface area contributed by atoms with Gasteiger partial charge >= 0.3 is 0 Å². The lowest BCUT2D eigenvalue weighted by Gasteiger charge is -2.33. The fourth-order valence-electron chi connectivity index (χ4n) is 3.79. The molecule has 1 heterocycles. The molecule has 2 aliphatic rings. The standard InChI is InChI=1S/C19H27ClN2O/c20-18-9-5-4-6-16(18)14-22-12-10-15(11-13-22)19(23)21-17-7-2-1-3-8-17/h4-6,9,15,17H,1-3,7-8,10-14H2,(H,21,23).